The lowest BCUT2D eigenvalue weighted by Crippen LogP contribution is -2.03. The molecule has 0 amide bonds. The Morgan fingerprint density at radius 1 is 0.793 bits per heavy atom. The summed E-state index contributed by atoms with van der Waals surface area (Å²) in [7, 11) is -4.20. The molecule has 0 aliphatic heterocycles. The van der Waals surface area contributed by atoms with Gasteiger partial charge in [0.05, 0.1) is 20.4 Å². The van der Waals surface area contributed by atoms with Gasteiger partial charge < -0.3 is 0 Å². The van der Waals surface area contributed by atoms with Gasteiger partial charge in [0.25, 0.3) is 10.1 Å². The Balaban J connectivity index is 1.66. The van der Waals surface area contributed by atoms with Crippen molar-refractivity contribution in [3.05, 3.63) is 72.3 Å². The first-order chi connectivity index (χ1) is 14.0. The van der Waals surface area contributed by atoms with Crippen LogP contribution in [0.1, 0.15) is 5.56 Å². The van der Waals surface area contributed by atoms with E-state index < -0.39 is 15.9 Å². The molecule has 0 fully saturated rings. The topological polar surface area (TPSA) is 80.2 Å². The number of hydrogen-bond donors (Lipinski definition) is 1. The fourth-order valence-electron chi connectivity index (χ4n) is 3.23. The van der Waals surface area contributed by atoms with Crippen LogP contribution >= 0.6 is 22.7 Å². The number of benzene rings is 3. The summed E-state index contributed by atoms with van der Waals surface area (Å²) in [5.41, 5.74) is 3.78. The van der Waals surface area contributed by atoms with Crippen molar-refractivity contribution in [1.82, 2.24) is 9.97 Å². The van der Waals surface area contributed by atoms with Gasteiger partial charge >= 0.3 is 0 Å². The summed E-state index contributed by atoms with van der Waals surface area (Å²) >= 11 is 3.04. The van der Waals surface area contributed by atoms with E-state index in [1.54, 1.807) is 17.4 Å². The number of aromatic nitrogens is 2. The average molecular weight is 439 g/mol. The van der Waals surface area contributed by atoms with E-state index in [1.165, 1.54) is 11.3 Å². The smallest absolute Gasteiger partial charge is 0.269 e. The zero-order valence-electron chi connectivity index (χ0n) is 14.9. The minimum Gasteiger partial charge on any atom is -0.285 e. The predicted molar refractivity (Wildman–Crippen MR) is 119 cm³/mol. The van der Waals surface area contributed by atoms with Gasteiger partial charge in [-0.15, -0.1) is 22.7 Å². The van der Waals surface area contributed by atoms with Crippen molar-refractivity contribution in [2.24, 2.45) is 0 Å². The Morgan fingerprint density at radius 3 is 2.00 bits per heavy atom. The predicted octanol–water partition coefficient (Wildman–Crippen LogP) is 5.63. The second kappa shape index (κ2) is 7.00. The second-order valence-electron chi connectivity index (χ2n) is 6.57. The highest BCUT2D eigenvalue weighted by molar-refractivity contribution is 7.85. The summed E-state index contributed by atoms with van der Waals surface area (Å²) in [5, 5.41) is 1.53. The molecule has 0 aliphatic rings. The quantitative estimate of drug-likeness (QED) is 0.368. The molecule has 0 aliphatic carbocycles. The number of hydrogen-bond acceptors (Lipinski definition) is 6. The highest BCUT2D eigenvalue weighted by Crippen LogP contribution is 2.36. The van der Waals surface area contributed by atoms with E-state index in [1.807, 2.05) is 60.7 Å². The SMILES string of the molecule is O=S(=O)(O)Cc1cc(-c2nc3ccccc3s2)ccc1-c1nc2ccccc2s1. The van der Waals surface area contributed by atoms with Crippen LogP contribution in [0.15, 0.2) is 66.7 Å². The van der Waals surface area contributed by atoms with E-state index in [0.717, 1.165) is 36.0 Å². The van der Waals surface area contributed by atoms with Crippen molar-refractivity contribution < 1.29 is 13.0 Å². The number of para-hydroxylation sites is 2. The van der Waals surface area contributed by atoms with Gasteiger partial charge in [0.15, 0.2) is 0 Å². The number of nitrogens with zero attached hydrogens (tertiary/aromatic N) is 2. The highest BCUT2D eigenvalue weighted by atomic mass is 32.2. The van der Waals surface area contributed by atoms with E-state index in [-0.39, 0.29) is 0 Å². The second-order valence-corrected chi connectivity index (χ2v) is 10.1. The van der Waals surface area contributed by atoms with Gasteiger partial charge in [0.2, 0.25) is 0 Å². The maximum atomic E-state index is 11.7. The van der Waals surface area contributed by atoms with Crippen LogP contribution in [-0.4, -0.2) is 22.9 Å². The summed E-state index contributed by atoms with van der Waals surface area (Å²) < 4.78 is 34.9. The van der Waals surface area contributed by atoms with Crippen LogP contribution in [0.25, 0.3) is 41.6 Å². The summed E-state index contributed by atoms with van der Waals surface area (Å²) in [6, 6.07) is 21.2. The third-order valence-corrected chi connectivity index (χ3v) is 7.34. The molecule has 8 heteroatoms. The van der Waals surface area contributed by atoms with Crippen molar-refractivity contribution in [2.45, 2.75) is 5.75 Å². The Hall–Kier alpha value is -2.65. The monoisotopic (exact) mass is 438 g/mol. The van der Waals surface area contributed by atoms with Gasteiger partial charge in [0.1, 0.15) is 15.8 Å². The van der Waals surface area contributed by atoms with E-state index in [0.29, 0.717) is 11.1 Å². The Kier molecular flexibility index (Phi) is 4.44. The fraction of sp³-hybridized carbons (Fsp3) is 0.0476. The van der Waals surface area contributed by atoms with Crippen molar-refractivity contribution >= 4 is 53.2 Å². The molecule has 0 atom stereocenters. The van der Waals surface area contributed by atoms with Crippen LogP contribution in [0, 0.1) is 0 Å². The third-order valence-electron chi connectivity index (χ3n) is 4.51. The first-order valence-corrected chi connectivity index (χ1v) is 12.0. The summed E-state index contributed by atoms with van der Waals surface area (Å²) in [4.78, 5) is 9.29. The molecular formula is C21H14N2O3S3. The van der Waals surface area contributed by atoms with Gasteiger partial charge in [-0.05, 0) is 35.9 Å². The highest BCUT2D eigenvalue weighted by Gasteiger charge is 2.17. The largest absolute Gasteiger partial charge is 0.285 e. The van der Waals surface area contributed by atoms with Crippen LogP contribution in [-0.2, 0) is 15.9 Å². The first kappa shape index (κ1) is 18.4. The lowest BCUT2D eigenvalue weighted by molar-refractivity contribution is 0.482. The third kappa shape index (κ3) is 3.67. The van der Waals surface area contributed by atoms with E-state index >= 15 is 0 Å². The van der Waals surface area contributed by atoms with Gasteiger partial charge in [-0.25, -0.2) is 9.97 Å². The van der Waals surface area contributed by atoms with Gasteiger partial charge in [0, 0.05) is 11.1 Å². The van der Waals surface area contributed by atoms with Crippen LogP contribution in [0.2, 0.25) is 0 Å². The minimum atomic E-state index is -4.20. The zero-order chi connectivity index (χ0) is 20.0. The molecule has 0 spiro atoms. The van der Waals surface area contributed by atoms with E-state index in [9.17, 15) is 13.0 Å². The van der Waals surface area contributed by atoms with Crippen molar-refractivity contribution in [1.29, 1.82) is 0 Å². The zero-order valence-corrected chi connectivity index (χ0v) is 17.4. The number of fused-ring (bicyclic) bond motifs is 2. The molecule has 0 unspecified atom stereocenters. The van der Waals surface area contributed by atoms with Crippen molar-refractivity contribution in [2.75, 3.05) is 0 Å². The lowest BCUT2D eigenvalue weighted by Gasteiger charge is -2.08. The molecule has 1 N–H and O–H groups in total. The van der Waals surface area contributed by atoms with Gasteiger partial charge in [-0.2, -0.15) is 8.42 Å². The van der Waals surface area contributed by atoms with Crippen LogP contribution in [0.3, 0.4) is 0 Å². The molecule has 0 bridgehead atoms. The summed E-state index contributed by atoms with van der Waals surface area (Å²) in [6.45, 7) is 0. The molecule has 5 nitrogen and oxygen atoms in total. The molecule has 0 radical (unpaired) electrons. The molecule has 2 heterocycles. The molecule has 0 saturated carbocycles. The molecule has 144 valence electrons. The number of rotatable bonds is 4. The van der Waals surface area contributed by atoms with Crippen molar-refractivity contribution in [3.63, 3.8) is 0 Å². The van der Waals surface area contributed by atoms with Crippen LogP contribution in [0.5, 0.6) is 0 Å². The lowest BCUT2D eigenvalue weighted by atomic mass is 10.1. The molecule has 29 heavy (non-hydrogen) atoms. The van der Waals surface area contributed by atoms with Gasteiger partial charge in [-0.1, -0.05) is 36.4 Å². The Labute approximate surface area is 175 Å². The molecule has 0 saturated heterocycles. The molecular weight excluding hydrogens is 424 g/mol. The van der Waals surface area contributed by atoms with E-state index in [4.69, 9.17) is 0 Å². The minimum absolute atomic E-state index is 0.475. The maximum Gasteiger partial charge on any atom is 0.269 e. The molecule has 3 aromatic carbocycles. The number of thiazole rings is 2. The average Bonchev–Trinajstić information content (AvgIpc) is 3.30. The van der Waals surface area contributed by atoms with Crippen LogP contribution < -0.4 is 0 Å². The van der Waals surface area contributed by atoms with E-state index in [2.05, 4.69) is 9.97 Å². The molecule has 5 aromatic rings. The Morgan fingerprint density at radius 2 is 1.38 bits per heavy atom. The summed E-state index contributed by atoms with van der Waals surface area (Å²) in [5.74, 6) is -0.475. The fourth-order valence-corrected chi connectivity index (χ4v) is 5.85. The molecule has 2 aromatic heterocycles. The normalized spacial score (nSPS) is 12.0. The standard InChI is InChI=1S/C21H14N2O3S3/c24-29(25,26)12-14-11-13(20-22-16-5-1-3-7-18(16)27-20)9-10-15(14)21-23-17-6-2-4-8-19(17)28-21/h1-11H,12H2,(H,24,25,26). The van der Waals surface area contributed by atoms with Crippen LogP contribution in [0.4, 0.5) is 0 Å². The van der Waals surface area contributed by atoms with Gasteiger partial charge in [-0.3, -0.25) is 4.55 Å². The first-order valence-electron chi connectivity index (χ1n) is 8.76. The summed E-state index contributed by atoms with van der Waals surface area (Å²) in [6.07, 6.45) is 0. The van der Waals surface area contributed by atoms with Crippen molar-refractivity contribution in [3.8, 4) is 21.1 Å². The maximum absolute atomic E-state index is 11.7. The Bertz CT molecular complexity index is 1400. The molecule has 5 rings (SSSR count).